The standard InChI is InChI=1S/C21H25N7O4/c1-4-26-13-18(19(25-26)21(30)22-9-14(2)3)24-20(29)16-7-5-15(6-8-16)11-27-12-17(10-23-27)28(31)32/h5-8,10,12-14H,4,9,11H2,1-3H3,(H,22,30)(H,24,29). The summed E-state index contributed by atoms with van der Waals surface area (Å²) in [6.07, 6.45) is 4.16. The molecule has 0 saturated heterocycles. The van der Waals surface area contributed by atoms with Gasteiger partial charge in [-0.2, -0.15) is 10.2 Å². The van der Waals surface area contributed by atoms with Crippen molar-refractivity contribution in [2.75, 3.05) is 11.9 Å². The third-order valence-corrected chi connectivity index (χ3v) is 4.61. The van der Waals surface area contributed by atoms with Crippen molar-refractivity contribution >= 4 is 23.2 Å². The summed E-state index contributed by atoms with van der Waals surface area (Å²) in [5.74, 6) is -0.429. The number of rotatable bonds is 9. The summed E-state index contributed by atoms with van der Waals surface area (Å²) in [5, 5.41) is 24.6. The molecule has 0 saturated carbocycles. The SMILES string of the molecule is CCn1cc(NC(=O)c2ccc(Cn3cc([N+](=O)[O-])cn3)cc2)c(C(=O)NCC(C)C)n1. The van der Waals surface area contributed by atoms with E-state index in [0.29, 0.717) is 30.9 Å². The number of aromatic nitrogens is 4. The maximum absolute atomic E-state index is 12.7. The Labute approximate surface area is 184 Å². The minimum absolute atomic E-state index is 0.0816. The van der Waals surface area contributed by atoms with Gasteiger partial charge in [0.1, 0.15) is 12.4 Å². The first-order chi connectivity index (χ1) is 15.3. The second kappa shape index (κ2) is 9.86. The van der Waals surface area contributed by atoms with Crippen molar-refractivity contribution in [1.29, 1.82) is 0 Å². The summed E-state index contributed by atoms with van der Waals surface area (Å²) in [5.41, 5.74) is 1.65. The molecule has 0 aliphatic carbocycles. The molecular weight excluding hydrogens is 414 g/mol. The lowest BCUT2D eigenvalue weighted by Crippen LogP contribution is -2.28. The van der Waals surface area contributed by atoms with Crippen LogP contribution in [0.15, 0.2) is 42.9 Å². The number of hydrogen-bond acceptors (Lipinski definition) is 6. The fourth-order valence-electron chi connectivity index (χ4n) is 2.90. The summed E-state index contributed by atoms with van der Waals surface area (Å²) < 4.78 is 3.04. The number of carbonyl (C=O) groups is 2. The molecule has 3 rings (SSSR count). The minimum Gasteiger partial charge on any atom is -0.350 e. The van der Waals surface area contributed by atoms with Crippen molar-refractivity contribution in [3.63, 3.8) is 0 Å². The van der Waals surface area contributed by atoms with Gasteiger partial charge in [-0.1, -0.05) is 26.0 Å². The number of amides is 2. The maximum atomic E-state index is 12.7. The normalized spacial score (nSPS) is 10.9. The van der Waals surface area contributed by atoms with E-state index in [1.807, 2.05) is 20.8 Å². The number of nitro groups is 1. The monoisotopic (exact) mass is 439 g/mol. The highest BCUT2D eigenvalue weighted by molar-refractivity contribution is 6.08. The van der Waals surface area contributed by atoms with E-state index in [1.165, 1.54) is 17.1 Å². The van der Waals surface area contributed by atoms with E-state index in [0.717, 1.165) is 5.56 Å². The predicted molar refractivity (Wildman–Crippen MR) is 117 cm³/mol. The Morgan fingerprint density at radius 3 is 2.44 bits per heavy atom. The van der Waals surface area contributed by atoms with Gasteiger partial charge in [-0.3, -0.25) is 29.1 Å². The second-order valence-electron chi connectivity index (χ2n) is 7.66. The highest BCUT2D eigenvalue weighted by Crippen LogP contribution is 2.17. The Kier molecular flexibility index (Phi) is 6.98. The van der Waals surface area contributed by atoms with Crippen molar-refractivity contribution in [3.05, 3.63) is 69.8 Å². The smallest absolute Gasteiger partial charge is 0.307 e. The minimum atomic E-state index is -0.505. The third-order valence-electron chi connectivity index (χ3n) is 4.61. The Morgan fingerprint density at radius 1 is 1.12 bits per heavy atom. The first-order valence-corrected chi connectivity index (χ1v) is 10.2. The molecular formula is C21H25N7O4. The number of carbonyl (C=O) groups excluding carboxylic acids is 2. The van der Waals surface area contributed by atoms with Crippen LogP contribution in [0.1, 0.15) is 47.2 Å². The Morgan fingerprint density at radius 2 is 1.84 bits per heavy atom. The van der Waals surface area contributed by atoms with E-state index in [4.69, 9.17) is 0 Å². The van der Waals surface area contributed by atoms with Gasteiger partial charge in [0.25, 0.3) is 11.8 Å². The van der Waals surface area contributed by atoms with Crippen LogP contribution in [0.3, 0.4) is 0 Å². The Hall–Kier alpha value is -4.02. The largest absolute Gasteiger partial charge is 0.350 e. The van der Waals surface area contributed by atoms with Gasteiger partial charge in [-0.25, -0.2) is 0 Å². The topological polar surface area (TPSA) is 137 Å². The summed E-state index contributed by atoms with van der Waals surface area (Å²) in [4.78, 5) is 35.5. The molecule has 2 amide bonds. The van der Waals surface area contributed by atoms with Gasteiger partial charge in [-0.15, -0.1) is 0 Å². The molecule has 168 valence electrons. The lowest BCUT2D eigenvalue weighted by Gasteiger charge is -2.08. The van der Waals surface area contributed by atoms with E-state index in [9.17, 15) is 19.7 Å². The number of nitrogens with one attached hydrogen (secondary N) is 2. The summed E-state index contributed by atoms with van der Waals surface area (Å²) in [6, 6.07) is 6.78. The Bertz CT molecular complexity index is 1120. The fraction of sp³-hybridized carbons (Fsp3) is 0.333. The first-order valence-electron chi connectivity index (χ1n) is 10.2. The van der Waals surface area contributed by atoms with Gasteiger partial charge >= 0.3 is 5.69 Å². The van der Waals surface area contributed by atoms with E-state index >= 15 is 0 Å². The lowest BCUT2D eigenvalue weighted by atomic mass is 10.1. The molecule has 0 unspecified atom stereocenters. The number of hydrogen-bond donors (Lipinski definition) is 2. The zero-order valence-electron chi connectivity index (χ0n) is 18.1. The fourth-order valence-corrected chi connectivity index (χ4v) is 2.90. The van der Waals surface area contributed by atoms with Crippen LogP contribution in [0.2, 0.25) is 0 Å². The number of benzene rings is 1. The van der Waals surface area contributed by atoms with Crippen molar-refractivity contribution in [3.8, 4) is 0 Å². The van der Waals surface area contributed by atoms with Crippen molar-refractivity contribution < 1.29 is 14.5 Å². The summed E-state index contributed by atoms with van der Waals surface area (Å²) in [7, 11) is 0. The average Bonchev–Trinajstić information content (AvgIpc) is 3.39. The molecule has 2 N–H and O–H groups in total. The molecule has 2 aromatic heterocycles. The summed E-state index contributed by atoms with van der Waals surface area (Å²) in [6.45, 7) is 7.27. The zero-order chi connectivity index (χ0) is 23.3. The van der Waals surface area contributed by atoms with Crippen molar-refractivity contribution in [1.82, 2.24) is 24.9 Å². The highest BCUT2D eigenvalue weighted by Gasteiger charge is 2.19. The molecule has 11 heteroatoms. The molecule has 1 aromatic carbocycles. The number of aryl methyl sites for hydroxylation is 1. The van der Waals surface area contributed by atoms with Gasteiger partial charge in [0, 0.05) is 24.8 Å². The number of anilines is 1. The quantitative estimate of drug-likeness (QED) is 0.388. The molecule has 32 heavy (non-hydrogen) atoms. The van der Waals surface area contributed by atoms with Crippen LogP contribution in [0, 0.1) is 16.0 Å². The van der Waals surface area contributed by atoms with Gasteiger partial charge in [0.15, 0.2) is 5.69 Å². The van der Waals surface area contributed by atoms with Crippen LogP contribution in [-0.4, -0.2) is 42.8 Å². The molecule has 2 heterocycles. The average molecular weight is 439 g/mol. The Balaban J connectivity index is 1.69. The van der Waals surface area contributed by atoms with Crippen LogP contribution in [0.5, 0.6) is 0 Å². The van der Waals surface area contributed by atoms with E-state index in [2.05, 4.69) is 20.8 Å². The second-order valence-corrected chi connectivity index (χ2v) is 7.66. The molecule has 0 fully saturated rings. The highest BCUT2D eigenvalue weighted by atomic mass is 16.6. The van der Waals surface area contributed by atoms with Crippen molar-refractivity contribution in [2.24, 2.45) is 5.92 Å². The molecule has 3 aromatic rings. The van der Waals surface area contributed by atoms with Crippen LogP contribution in [-0.2, 0) is 13.1 Å². The molecule has 0 aliphatic rings. The van der Waals surface area contributed by atoms with E-state index < -0.39 is 4.92 Å². The molecule has 0 bridgehead atoms. The molecule has 11 nitrogen and oxygen atoms in total. The third kappa shape index (κ3) is 5.56. The van der Waals surface area contributed by atoms with Gasteiger partial charge in [-0.05, 0) is 30.5 Å². The molecule has 0 radical (unpaired) electrons. The van der Waals surface area contributed by atoms with E-state index in [1.54, 1.807) is 35.1 Å². The van der Waals surface area contributed by atoms with Gasteiger partial charge < -0.3 is 10.6 Å². The van der Waals surface area contributed by atoms with Crippen molar-refractivity contribution in [2.45, 2.75) is 33.9 Å². The molecule has 0 spiro atoms. The van der Waals surface area contributed by atoms with Gasteiger partial charge in [0.05, 0.1) is 17.2 Å². The predicted octanol–water partition coefficient (Wildman–Crippen LogP) is 2.69. The van der Waals surface area contributed by atoms with Crippen LogP contribution in [0.4, 0.5) is 11.4 Å². The molecule has 0 atom stereocenters. The van der Waals surface area contributed by atoms with E-state index in [-0.39, 0.29) is 29.1 Å². The first kappa shape index (κ1) is 22.7. The van der Waals surface area contributed by atoms with Crippen LogP contribution in [0.25, 0.3) is 0 Å². The van der Waals surface area contributed by atoms with Crippen LogP contribution >= 0.6 is 0 Å². The lowest BCUT2D eigenvalue weighted by molar-refractivity contribution is -0.385. The molecule has 0 aliphatic heterocycles. The number of nitrogens with zero attached hydrogens (tertiary/aromatic N) is 5. The summed E-state index contributed by atoms with van der Waals surface area (Å²) >= 11 is 0. The van der Waals surface area contributed by atoms with Crippen LogP contribution < -0.4 is 10.6 Å². The maximum Gasteiger partial charge on any atom is 0.307 e. The van der Waals surface area contributed by atoms with Gasteiger partial charge in [0.2, 0.25) is 0 Å². The zero-order valence-corrected chi connectivity index (χ0v) is 18.1.